The molecule has 0 aliphatic heterocycles. The van der Waals surface area contributed by atoms with Gasteiger partial charge < -0.3 is 0 Å². The van der Waals surface area contributed by atoms with Crippen molar-refractivity contribution in [2.45, 2.75) is 0 Å². The van der Waals surface area contributed by atoms with Gasteiger partial charge in [-0.15, -0.1) is 11.3 Å². The first-order valence-electron chi connectivity index (χ1n) is 4.63. The number of nitrogens with zero attached hydrogens (tertiary/aromatic N) is 3. The Morgan fingerprint density at radius 2 is 2.50 bits per heavy atom. The summed E-state index contributed by atoms with van der Waals surface area (Å²) in [5, 5.41) is 3.10. The summed E-state index contributed by atoms with van der Waals surface area (Å²) in [6.45, 7) is 0. The summed E-state index contributed by atoms with van der Waals surface area (Å²) in [5.74, 6) is -0.215. The second-order valence-corrected chi connectivity index (χ2v) is 3.96. The van der Waals surface area contributed by atoms with Crippen molar-refractivity contribution in [2.75, 3.05) is 14.2 Å². The average molecular weight is 237 g/mol. The molecule has 0 aliphatic carbocycles. The van der Waals surface area contributed by atoms with Crippen molar-refractivity contribution in [2.24, 2.45) is 0 Å². The van der Waals surface area contributed by atoms with Crippen LogP contribution in [-0.2, 0) is 9.63 Å². The highest BCUT2D eigenvalue weighted by Gasteiger charge is 2.04. The minimum absolute atomic E-state index is 0.215. The molecule has 0 saturated heterocycles. The molecular weight excluding hydrogens is 226 g/mol. The lowest BCUT2D eigenvalue weighted by atomic mass is 10.4. The van der Waals surface area contributed by atoms with Gasteiger partial charge in [0.1, 0.15) is 0 Å². The molecule has 6 heteroatoms. The van der Waals surface area contributed by atoms with Crippen molar-refractivity contribution in [1.82, 2.24) is 14.4 Å². The van der Waals surface area contributed by atoms with Crippen LogP contribution in [-0.4, -0.2) is 34.5 Å². The number of likely N-dealkylation sites (N-methyl/N-ethyl adjacent to an activating group) is 1. The Morgan fingerprint density at radius 3 is 3.25 bits per heavy atom. The van der Waals surface area contributed by atoms with Gasteiger partial charge in [0.2, 0.25) is 0 Å². The van der Waals surface area contributed by atoms with Gasteiger partial charge in [-0.1, -0.05) is 0 Å². The number of carbonyl (C=O) groups is 1. The van der Waals surface area contributed by atoms with E-state index in [4.69, 9.17) is 4.84 Å². The molecule has 2 aromatic rings. The van der Waals surface area contributed by atoms with Crippen molar-refractivity contribution in [3.63, 3.8) is 0 Å². The third kappa shape index (κ3) is 1.98. The Bertz CT molecular complexity index is 529. The first-order chi connectivity index (χ1) is 7.72. The Kier molecular flexibility index (Phi) is 3.02. The van der Waals surface area contributed by atoms with Gasteiger partial charge in [0.15, 0.2) is 4.96 Å². The molecule has 16 heavy (non-hydrogen) atoms. The number of carbonyl (C=O) groups excluding carboxylic acids is 1. The Hall–Kier alpha value is -1.66. The molecule has 0 fully saturated rings. The van der Waals surface area contributed by atoms with Crippen LogP contribution in [0.1, 0.15) is 5.69 Å². The first kappa shape index (κ1) is 10.8. The molecule has 84 valence electrons. The lowest BCUT2D eigenvalue weighted by Crippen LogP contribution is -2.22. The molecule has 2 heterocycles. The average Bonchev–Trinajstić information content (AvgIpc) is 2.87. The van der Waals surface area contributed by atoms with Crippen molar-refractivity contribution < 1.29 is 9.63 Å². The van der Waals surface area contributed by atoms with E-state index in [1.54, 1.807) is 30.7 Å². The predicted molar refractivity (Wildman–Crippen MR) is 61.9 cm³/mol. The van der Waals surface area contributed by atoms with E-state index in [9.17, 15) is 4.79 Å². The van der Waals surface area contributed by atoms with Crippen LogP contribution < -0.4 is 0 Å². The van der Waals surface area contributed by atoms with Gasteiger partial charge in [0.05, 0.1) is 19.0 Å². The molecule has 2 aromatic heterocycles. The van der Waals surface area contributed by atoms with Gasteiger partial charge in [-0.05, 0) is 6.08 Å². The number of rotatable bonds is 3. The first-order valence-corrected chi connectivity index (χ1v) is 5.51. The van der Waals surface area contributed by atoms with Gasteiger partial charge in [-0.3, -0.25) is 14.0 Å². The lowest BCUT2D eigenvalue weighted by molar-refractivity contribution is -0.162. The molecule has 0 N–H and O–H groups in total. The van der Waals surface area contributed by atoms with Crippen LogP contribution in [0.15, 0.2) is 23.8 Å². The van der Waals surface area contributed by atoms with E-state index < -0.39 is 0 Å². The Labute approximate surface area is 96.5 Å². The van der Waals surface area contributed by atoms with Crippen LogP contribution in [0.5, 0.6) is 0 Å². The lowest BCUT2D eigenvalue weighted by Gasteiger charge is -2.09. The second-order valence-electron chi connectivity index (χ2n) is 3.09. The number of amides is 1. The monoisotopic (exact) mass is 237 g/mol. The summed E-state index contributed by atoms with van der Waals surface area (Å²) in [7, 11) is 3.00. The number of hydrogen-bond donors (Lipinski definition) is 0. The maximum atomic E-state index is 11.4. The summed E-state index contributed by atoms with van der Waals surface area (Å²) < 4.78 is 1.92. The molecule has 0 spiro atoms. The molecule has 0 bridgehead atoms. The summed E-state index contributed by atoms with van der Waals surface area (Å²) in [6.07, 6.45) is 6.80. The zero-order chi connectivity index (χ0) is 11.5. The largest absolute Gasteiger partial charge is 0.291 e. The van der Waals surface area contributed by atoms with Crippen LogP contribution in [0.4, 0.5) is 0 Å². The maximum absolute atomic E-state index is 11.4. The van der Waals surface area contributed by atoms with Gasteiger partial charge >= 0.3 is 0 Å². The summed E-state index contributed by atoms with van der Waals surface area (Å²) in [6, 6.07) is 0. The third-order valence-corrected chi connectivity index (χ3v) is 2.93. The molecule has 0 aromatic carbocycles. The molecule has 5 nitrogen and oxygen atoms in total. The van der Waals surface area contributed by atoms with E-state index in [2.05, 4.69) is 4.98 Å². The van der Waals surface area contributed by atoms with Crippen LogP contribution >= 0.6 is 11.3 Å². The zero-order valence-corrected chi connectivity index (χ0v) is 9.77. The minimum Gasteiger partial charge on any atom is -0.291 e. The fourth-order valence-electron chi connectivity index (χ4n) is 1.22. The minimum atomic E-state index is -0.215. The van der Waals surface area contributed by atoms with Crippen LogP contribution in [0.2, 0.25) is 0 Å². The highest BCUT2D eigenvalue weighted by Crippen LogP contribution is 2.13. The van der Waals surface area contributed by atoms with Gasteiger partial charge in [-0.2, -0.15) is 0 Å². The molecule has 0 radical (unpaired) electrons. The van der Waals surface area contributed by atoms with Gasteiger partial charge in [-0.25, -0.2) is 10.0 Å². The molecule has 0 saturated carbocycles. The Balaban J connectivity index is 2.19. The van der Waals surface area contributed by atoms with Crippen LogP contribution in [0.25, 0.3) is 11.0 Å². The summed E-state index contributed by atoms with van der Waals surface area (Å²) in [4.78, 5) is 21.3. The fourth-order valence-corrected chi connectivity index (χ4v) is 1.92. The zero-order valence-electron chi connectivity index (χ0n) is 8.95. The molecule has 0 aliphatic rings. The molecule has 0 atom stereocenters. The van der Waals surface area contributed by atoms with Crippen molar-refractivity contribution in [3.05, 3.63) is 29.5 Å². The molecule has 0 unspecified atom stereocenters. The number of hydroxylamine groups is 2. The van der Waals surface area contributed by atoms with E-state index in [-0.39, 0.29) is 5.91 Å². The van der Waals surface area contributed by atoms with E-state index in [0.29, 0.717) is 0 Å². The van der Waals surface area contributed by atoms with E-state index in [1.165, 1.54) is 13.2 Å². The number of thiazole rings is 1. The Morgan fingerprint density at radius 1 is 1.69 bits per heavy atom. The number of aromatic nitrogens is 2. The predicted octanol–water partition coefficient (Wildman–Crippen LogP) is 1.43. The number of imidazole rings is 1. The van der Waals surface area contributed by atoms with E-state index >= 15 is 0 Å². The smallest absolute Gasteiger partial charge is 0.269 e. The topological polar surface area (TPSA) is 46.8 Å². The molecular formula is C10H11N3O2S. The van der Waals surface area contributed by atoms with E-state index in [0.717, 1.165) is 15.7 Å². The number of fused-ring (bicyclic) bond motifs is 1. The third-order valence-electron chi connectivity index (χ3n) is 2.16. The maximum Gasteiger partial charge on any atom is 0.269 e. The highest BCUT2D eigenvalue weighted by molar-refractivity contribution is 7.15. The standard InChI is InChI=1S/C10H11N3O2S/c1-12(15-2)9(14)4-3-8-7-11-10-13(8)5-6-16-10/h3-7H,1-2H3/b4-3+. The van der Waals surface area contributed by atoms with Crippen LogP contribution in [0, 0.1) is 0 Å². The quantitative estimate of drug-likeness (QED) is 0.599. The van der Waals surface area contributed by atoms with Gasteiger partial charge in [0, 0.05) is 24.7 Å². The molecule has 2 rings (SSSR count). The SMILES string of the molecule is CON(C)C(=O)/C=C/c1cnc2sccn12. The van der Waals surface area contributed by atoms with Crippen molar-refractivity contribution in [1.29, 1.82) is 0 Å². The second kappa shape index (κ2) is 4.46. The van der Waals surface area contributed by atoms with Crippen molar-refractivity contribution in [3.8, 4) is 0 Å². The van der Waals surface area contributed by atoms with Gasteiger partial charge in [0.25, 0.3) is 5.91 Å². The van der Waals surface area contributed by atoms with Crippen molar-refractivity contribution >= 4 is 28.3 Å². The normalized spacial score (nSPS) is 11.4. The highest BCUT2D eigenvalue weighted by atomic mass is 32.1. The van der Waals surface area contributed by atoms with Crippen LogP contribution in [0.3, 0.4) is 0 Å². The number of hydrogen-bond acceptors (Lipinski definition) is 4. The molecule has 1 amide bonds. The summed E-state index contributed by atoms with van der Waals surface area (Å²) >= 11 is 1.55. The van der Waals surface area contributed by atoms with E-state index in [1.807, 2.05) is 16.0 Å². The summed E-state index contributed by atoms with van der Waals surface area (Å²) in [5.41, 5.74) is 0.870. The fraction of sp³-hybridized carbons (Fsp3) is 0.200.